The molecule has 0 saturated carbocycles. The van der Waals surface area contributed by atoms with E-state index in [0.29, 0.717) is 12.0 Å². The van der Waals surface area contributed by atoms with Crippen LogP contribution in [0.4, 0.5) is 0 Å². The summed E-state index contributed by atoms with van der Waals surface area (Å²) in [6, 6.07) is 0. The second-order valence-corrected chi connectivity index (χ2v) is 6.08. The molecule has 0 rings (SSSR count). The van der Waals surface area contributed by atoms with Gasteiger partial charge in [-0.05, 0) is 26.9 Å². The van der Waals surface area contributed by atoms with Gasteiger partial charge in [-0.25, -0.2) is 4.79 Å². The van der Waals surface area contributed by atoms with Crippen molar-refractivity contribution in [1.82, 2.24) is 0 Å². The summed E-state index contributed by atoms with van der Waals surface area (Å²) in [4.78, 5) is 11.0. The summed E-state index contributed by atoms with van der Waals surface area (Å²) in [6.07, 6.45) is 0.676. The van der Waals surface area contributed by atoms with Crippen LogP contribution in [-0.2, 0) is 18.8 Å². The Morgan fingerprint density at radius 3 is 2.38 bits per heavy atom. The summed E-state index contributed by atoms with van der Waals surface area (Å²) in [5, 5.41) is -0.597. The maximum absolute atomic E-state index is 11.5. The fourth-order valence-electron chi connectivity index (χ4n) is 0.977. The monoisotopic (exact) mass is 248 g/mol. The first-order chi connectivity index (χ1) is 7.33. The van der Waals surface area contributed by atoms with Crippen LogP contribution in [0.2, 0.25) is 0 Å². The third kappa shape index (κ3) is 4.95. The number of hydrogen-bond donors (Lipinski definition) is 0. The lowest BCUT2D eigenvalue weighted by Gasteiger charge is -2.26. The Balaban J connectivity index is 3.94. The Bertz CT molecular complexity index is 288. The van der Waals surface area contributed by atoms with Crippen LogP contribution in [0.3, 0.4) is 0 Å². The second kappa shape index (κ2) is 6.87. The number of hydrogen-bond acceptors (Lipinski definition) is 4. The van der Waals surface area contributed by atoms with Crippen LogP contribution in [0.1, 0.15) is 27.2 Å². The Labute approximate surface area is 97.8 Å². The zero-order valence-electron chi connectivity index (χ0n) is 10.5. The lowest BCUT2D eigenvalue weighted by atomic mass is 10.3. The van der Waals surface area contributed by atoms with E-state index in [1.807, 2.05) is 13.8 Å². The van der Waals surface area contributed by atoms with Crippen molar-refractivity contribution >= 4 is 13.8 Å². The van der Waals surface area contributed by atoms with E-state index in [9.17, 15) is 9.36 Å². The third-order valence-corrected chi connectivity index (χ3v) is 4.49. The first-order valence-corrected chi connectivity index (χ1v) is 7.22. The van der Waals surface area contributed by atoms with Gasteiger partial charge < -0.3 is 14.0 Å². The minimum atomic E-state index is -1.77. The molecule has 0 radical (unpaired) electrons. The van der Waals surface area contributed by atoms with Crippen molar-refractivity contribution in [2.45, 2.75) is 32.5 Å². The third-order valence-electron chi connectivity index (χ3n) is 2.50. The average Bonchev–Trinajstić information content (AvgIpc) is 2.23. The Morgan fingerprint density at radius 1 is 1.44 bits per heavy atom. The van der Waals surface area contributed by atoms with Gasteiger partial charge in [0.2, 0.25) is 0 Å². The van der Waals surface area contributed by atoms with E-state index in [2.05, 4.69) is 6.58 Å². The molecule has 94 valence electrons. The fourth-order valence-corrected chi connectivity index (χ4v) is 1.78. The van der Waals surface area contributed by atoms with E-state index in [0.717, 1.165) is 0 Å². The fraction of sp³-hybridized carbons (Fsp3) is 0.727. The molecule has 0 amide bonds. The zero-order chi connectivity index (χ0) is 12.8. The molecule has 4 nitrogen and oxygen atoms in total. The SMILES string of the molecule is C=C(C)C(=O)OCCO[C@](C)(CC)[PH](C)=O. The minimum Gasteiger partial charge on any atom is -0.460 e. The molecule has 2 atom stereocenters. The van der Waals surface area contributed by atoms with Gasteiger partial charge in [0.1, 0.15) is 19.8 Å². The highest BCUT2D eigenvalue weighted by Crippen LogP contribution is 2.39. The smallest absolute Gasteiger partial charge is 0.333 e. The van der Waals surface area contributed by atoms with E-state index >= 15 is 0 Å². The molecule has 1 unspecified atom stereocenters. The molecule has 0 aromatic rings. The molecule has 0 spiro atoms. The summed E-state index contributed by atoms with van der Waals surface area (Å²) in [6.45, 7) is 10.9. The number of rotatable bonds is 7. The molecule has 0 aliphatic carbocycles. The maximum atomic E-state index is 11.5. The van der Waals surface area contributed by atoms with Crippen LogP contribution in [0, 0.1) is 0 Å². The van der Waals surface area contributed by atoms with Crippen molar-refractivity contribution in [3.05, 3.63) is 12.2 Å². The molecular weight excluding hydrogens is 227 g/mol. The van der Waals surface area contributed by atoms with Gasteiger partial charge >= 0.3 is 5.97 Å². The average molecular weight is 248 g/mol. The molecule has 0 bridgehead atoms. The summed E-state index contributed by atoms with van der Waals surface area (Å²) < 4.78 is 21.8. The predicted octanol–water partition coefficient (Wildman–Crippen LogP) is 2.44. The normalized spacial score (nSPS) is 16.2. The Morgan fingerprint density at radius 2 is 2.00 bits per heavy atom. The lowest BCUT2D eigenvalue weighted by Crippen LogP contribution is -2.25. The van der Waals surface area contributed by atoms with E-state index in [4.69, 9.17) is 9.47 Å². The van der Waals surface area contributed by atoms with Crippen molar-refractivity contribution in [1.29, 1.82) is 0 Å². The molecule has 0 N–H and O–H groups in total. The summed E-state index contributed by atoms with van der Waals surface area (Å²) >= 11 is 0. The minimum absolute atomic E-state index is 0.163. The second-order valence-electron chi connectivity index (χ2n) is 3.91. The van der Waals surface area contributed by atoms with Crippen molar-refractivity contribution < 1.29 is 18.8 Å². The van der Waals surface area contributed by atoms with Crippen LogP contribution in [0.25, 0.3) is 0 Å². The molecule has 0 aliphatic heterocycles. The number of ether oxygens (including phenoxy) is 2. The van der Waals surface area contributed by atoms with Gasteiger partial charge in [-0.2, -0.15) is 0 Å². The molecule has 0 aromatic carbocycles. The van der Waals surface area contributed by atoms with E-state index in [1.165, 1.54) is 0 Å². The number of esters is 1. The predicted molar refractivity (Wildman–Crippen MR) is 65.3 cm³/mol. The molecule has 0 fully saturated rings. The van der Waals surface area contributed by atoms with Crippen LogP contribution in [0.15, 0.2) is 12.2 Å². The topological polar surface area (TPSA) is 52.6 Å². The van der Waals surface area contributed by atoms with Crippen molar-refractivity contribution in [3.63, 3.8) is 0 Å². The van der Waals surface area contributed by atoms with Gasteiger partial charge in [-0.15, -0.1) is 0 Å². The van der Waals surface area contributed by atoms with Gasteiger partial charge in [0.25, 0.3) is 0 Å². The van der Waals surface area contributed by atoms with Crippen molar-refractivity contribution in [2.75, 3.05) is 19.9 Å². The lowest BCUT2D eigenvalue weighted by molar-refractivity contribution is -0.141. The van der Waals surface area contributed by atoms with Gasteiger partial charge in [0.15, 0.2) is 0 Å². The molecule has 0 aromatic heterocycles. The standard InChI is InChI=1S/C11H21O4P/c1-6-11(4,16(5)13)15-8-7-14-10(12)9(2)3/h16H,2,6-8H2,1,3-5H3/t11-/m0/s1. The molecule has 5 heteroatoms. The van der Waals surface area contributed by atoms with E-state index in [-0.39, 0.29) is 13.2 Å². The summed E-state index contributed by atoms with van der Waals surface area (Å²) in [5.74, 6) is -0.425. The largest absolute Gasteiger partial charge is 0.460 e. The first kappa shape index (κ1) is 15.4. The summed E-state index contributed by atoms with van der Waals surface area (Å²) in [5.41, 5.74) is 0.363. The van der Waals surface area contributed by atoms with Crippen LogP contribution in [-0.4, -0.2) is 31.2 Å². The summed E-state index contributed by atoms with van der Waals surface area (Å²) in [7, 11) is -1.77. The molecule has 16 heavy (non-hydrogen) atoms. The number of carbonyl (C=O) groups is 1. The first-order valence-electron chi connectivity index (χ1n) is 5.31. The molecule has 0 saturated heterocycles. The van der Waals surface area contributed by atoms with Crippen LogP contribution < -0.4 is 0 Å². The van der Waals surface area contributed by atoms with Crippen LogP contribution >= 0.6 is 7.80 Å². The van der Waals surface area contributed by atoms with Gasteiger partial charge in [-0.1, -0.05) is 13.5 Å². The Hall–Kier alpha value is -0.600. The highest BCUT2D eigenvalue weighted by atomic mass is 31.1. The zero-order valence-corrected chi connectivity index (χ0v) is 11.5. The maximum Gasteiger partial charge on any atom is 0.333 e. The molecular formula is C11H21O4P. The van der Waals surface area contributed by atoms with E-state index < -0.39 is 19.1 Å². The Kier molecular flexibility index (Phi) is 6.61. The van der Waals surface area contributed by atoms with Crippen molar-refractivity contribution in [3.8, 4) is 0 Å². The van der Waals surface area contributed by atoms with Gasteiger partial charge in [-0.3, -0.25) is 0 Å². The van der Waals surface area contributed by atoms with Crippen molar-refractivity contribution in [2.24, 2.45) is 0 Å². The highest BCUT2D eigenvalue weighted by Gasteiger charge is 2.26. The van der Waals surface area contributed by atoms with E-state index in [1.54, 1.807) is 13.6 Å². The van der Waals surface area contributed by atoms with Gasteiger partial charge in [0.05, 0.1) is 6.61 Å². The highest BCUT2D eigenvalue weighted by molar-refractivity contribution is 7.45. The van der Waals surface area contributed by atoms with Crippen LogP contribution in [0.5, 0.6) is 0 Å². The molecule has 0 aliphatic rings. The molecule has 0 heterocycles. The number of carbonyl (C=O) groups excluding carboxylic acids is 1. The van der Waals surface area contributed by atoms with Gasteiger partial charge in [0, 0.05) is 5.57 Å². The quantitative estimate of drug-likeness (QED) is 0.300.